The second kappa shape index (κ2) is 6.76. The lowest BCUT2D eigenvalue weighted by atomic mass is 10.2. The van der Waals surface area contributed by atoms with E-state index in [4.69, 9.17) is 12.2 Å². The highest BCUT2D eigenvalue weighted by Crippen LogP contribution is 2.17. The van der Waals surface area contributed by atoms with Crippen LogP contribution >= 0.6 is 23.6 Å². The van der Waals surface area contributed by atoms with Crippen molar-refractivity contribution >= 4 is 29.6 Å². The zero-order valence-electron chi connectivity index (χ0n) is 10.2. The van der Waals surface area contributed by atoms with Crippen molar-refractivity contribution < 1.29 is 9.90 Å². The van der Waals surface area contributed by atoms with Gasteiger partial charge in [-0.05, 0) is 18.6 Å². The summed E-state index contributed by atoms with van der Waals surface area (Å²) in [6.07, 6.45) is 4.46. The summed E-state index contributed by atoms with van der Waals surface area (Å²) in [5.74, 6) is -0.0783. The molecule has 0 bridgehead atoms. The van der Waals surface area contributed by atoms with Gasteiger partial charge >= 0.3 is 6.03 Å². The number of aromatic hydroxyl groups is 1. The normalized spacial score (nSPS) is 10.5. The molecule has 0 aliphatic carbocycles. The number of carbonyl (C=O) groups excluding carboxylic acids is 1. The molecule has 1 N–H and O–H groups in total. The van der Waals surface area contributed by atoms with E-state index in [0.29, 0.717) is 10.5 Å². The van der Waals surface area contributed by atoms with Crippen molar-refractivity contribution in [2.24, 2.45) is 0 Å². The highest BCUT2D eigenvalue weighted by atomic mass is 32.1. The Kier molecular flexibility index (Phi) is 5.64. The number of hydrogen-bond donors (Lipinski definition) is 1. The number of carbonyl (C=O) groups is 1. The first-order chi connectivity index (χ1) is 8.07. The Morgan fingerprint density at radius 3 is 2.76 bits per heavy atom. The van der Waals surface area contributed by atoms with Crippen LogP contribution in [0.5, 0.6) is 5.88 Å². The predicted molar refractivity (Wildman–Crippen MR) is 72.4 cm³/mol. The molecule has 0 aliphatic rings. The second-order valence-electron chi connectivity index (χ2n) is 3.96. The zero-order valence-corrected chi connectivity index (χ0v) is 11.8. The van der Waals surface area contributed by atoms with Crippen LogP contribution in [0.4, 0.5) is 4.79 Å². The summed E-state index contributed by atoms with van der Waals surface area (Å²) < 4.78 is 1.55. The van der Waals surface area contributed by atoms with Crippen LogP contribution in [0.25, 0.3) is 0 Å². The third-order valence-electron chi connectivity index (χ3n) is 2.54. The van der Waals surface area contributed by atoms with Gasteiger partial charge in [-0.2, -0.15) is 0 Å². The van der Waals surface area contributed by atoms with Crippen LogP contribution in [0.15, 0.2) is 5.38 Å². The summed E-state index contributed by atoms with van der Waals surface area (Å²) in [5, 5.41) is 11.0. The molecule has 96 valence electrons. The van der Waals surface area contributed by atoms with E-state index in [-0.39, 0.29) is 11.9 Å². The van der Waals surface area contributed by atoms with Crippen LogP contribution in [0.1, 0.15) is 32.6 Å². The molecule has 0 aromatic carbocycles. The monoisotopic (exact) mass is 274 g/mol. The third kappa shape index (κ3) is 3.81. The number of aromatic nitrogens is 1. The van der Waals surface area contributed by atoms with E-state index in [0.717, 1.165) is 12.8 Å². The van der Waals surface area contributed by atoms with Gasteiger partial charge in [0, 0.05) is 13.6 Å². The first-order valence-corrected chi connectivity index (χ1v) is 7.01. The minimum absolute atomic E-state index is 0.0783. The van der Waals surface area contributed by atoms with Crippen LogP contribution in [-0.2, 0) is 0 Å². The molecule has 1 aromatic rings. The largest absolute Gasteiger partial charge is 0.493 e. The van der Waals surface area contributed by atoms with E-state index >= 15 is 0 Å². The van der Waals surface area contributed by atoms with E-state index < -0.39 is 0 Å². The van der Waals surface area contributed by atoms with Gasteiger partial charge in [-0.25, -0.2) is 9.36 Å². The molecule has 1 aromatic heterocycles. The molecule has 0 aliphatic heterocycles. The predicted octanol–water partition coefficient (Wildman–Crippen LogP) is 3.46. The zero-order chi connectivity index (χ0) is 12.8. The highest BCUT2D eigenvalue weighted by molar-refractivity contribution is 7.73. The minimum Gasteiger partial charge on any atom is -0.493 e. The van der Waals surface area contributed by atoms with Gasteiger partial charge in [0.2, 0.25) is 5.88 Å². The Balaban J connectivity index is 2.55. The number of amides is 1. The lowest BCUT2D eigenvalue weighted by molar-refractivity contribution is 0.206. The van der Waals surface area contributed by atoms with E-state index in [2.05, 4.69) is 6.92 Å². The van der Waals surface area contributed by atoms with Crippen molar-refractivity contribution in [3.05, 3.63) is 9.33 Å². The van der Waals surface area contributed by atoms with Gasteiger partial charge < -0.3 is 10.0 Å². The Hall–Kier alpha value is -0.880. The van der Waals surface area contributed by atoms with Crippen LogP contribution in [-0.4, -0.2) is 34.2 Å². The molecule has 0 spiro atoms. The van der Waals surface area contributed by atoms with Gasteiger partial charge in [-0.1, -0.05) is 26.2 Å². The summed E-state index contributed by atoms with van der Waals surface area (Å²) >= 11 is 6.19. The first kappa shape index (κ1) is 14.2. The van der Waals surface area contributed by atoms with Crippen LogP contribution in [0.3, 0.4) is 0 Å². The van der Waals surface area contributed by atoms with E-state index in [1.54, 1.807) is 11.9 Å². The van der Waals surface area contributed by atoms with Gasteiger partial charge in [0.15, 0.2) is 3.95 Å². The van der Waals surface area contributed by atoms with Crippen molar-refractivity contribution in [3.63, 3.8) is 0 Å². The van der Waals surface area contributed by atoms with Gasteiger partial charge in [-0.3, -0.25) is 0 Å². The number of nitrogens with zero attached hydrogens (tertiary/aromatic N) is 2. The maximum Gasteiger partial charge on any atom is 0.332 e. The number of thiazole rings is 1. The SMILES string of the molecule is CCCCCCN(C)C(=O)n1c(O)csc1=S. The average molecular weight is 274 g/mol. The topological polar surface area (TPSA) is 45.5 Å². The Morgan fingerprint density at radius 1 is 1.53 bits per heavy atom. The Bertz CT molecular complexity index is 425. The van der Waals surface area contributed by atoms with Gasteiger partial charge in [-0.15, -0.1) is 11.3 Å². The summed E-state index contributed by atoms with van der Waals surface area (Å²) in [6, 6.07) is -0.259. The highest BCUT2D eigenvalue weighted by Gasteiger charge is 2.15. The van der Waals surface area contributed by atoms with Crippen molar-refractivity contribution in [2.75, 3.05) is 13.6 Å². The molecule has 0 fully saturated rings. The third-order valence-corrected chi connectivity index (χ3v) is 3.73. The molecule has 4 nitrogen and oxygen atoms in total. The molecule has 1 amide bonds. The average Bonchev–Trinajstić information content (AvgIpc) is 2.63. The fraction of sp³-hybridized carbons (Fsp3) is 0.636. The summed E-state index contributed by atoms with van der Waals surface area (Å²) in [7, 11) is 1.73. The van der Waals surface area contributed by atoms with E-state index in [9.17, 15) is 9.90 Å². The van der Waals surface area contributed by atoms with Crippen LogP contribution in [0, 0.1) is 3.95 Å². The maximum absolute atomic E-state index is 12.0. The van der Waals surface area contributed by atoms with Crippen LogP contribution < -0.4 is 0 Å². The Labute approximate surface area is 110 Å². The van der Waals surface area contributed by atoms with Crippen molar-refractivity contribution in [2.45, 2.75) is 32.6 Å². The van der Waals surface area contributed by atoms with Gasteiger partial charge in [0.1, 0.15) is 0 Å². The number of hydrogen-bond acceptors (Lipinski definition) is 4. The lowest BCUT2D eigenvalue weighted by Crippen LogP contribution is -2.31. The number of unbranched alkanes of at least 4 members (excludes halogenated alkanes) is 3. The summed E-state index contributed by atoms with van der Waals surface area (Å²) in [4.78, 5) is 13.6. The molecule has 1 rings (SSSR count). The minimum atomic E-state index is -0.259. The smallest absolute Gasteiger partial charge is 0.332 e. The maximum atomic E-state index is 12.0. The molecule has 0 atom stereocenters. The number of rotatable bonds is 5. The van der Waals surface area contributed by atoms with Crippen molar-refractivity contribution in [3.8, 4) is 5.88 Å². The molecule has 1 heterocycles. The standard InChI is InChI=1S/C11H18N2O2S2/c1-3-4-5-6-7-12(2)10(15)13-9(14)8-17-11(13)16/h8,14H,3-7H2,1-2H3. The fourth-order valence-corrected chi connectivity index (χ4v) is 2.42. The lowest BCUT2D eigenvalue weighted by Gasteiger charge is -2.17. The van der Waals surface area contributed by atoms with Gasteiger partial charge in [0.05, 0.1) is 5.38 Å². The molecule has 0 unspecified atom stereocenters. The fourth-order valence-electron chi connectivity index (χ4n) is 1.52. The molecule has 6 heteroatoms. The van der Waals surface area contributed by atoms with E-state index in [1.165, 1.54) is 34.1 Å². The summed E-state index contributed by atoms with van der Waals surface area (Å²) in [5.41, 5.74) is 0. The molecule has 0 radical (unpaired) electrons. The Morgan fingerprint density at radius 2 is 2.24 bits per heavy atom. The van der Waals surface area contributed by atoms with Crippen molar-refractivity contribution in [1.29, 1.82) is 0 Å². The molecular formula is C11H18N2O2S2. The molecule has 0 saturated carbocycles. The van der Waals surface area contributed by atoms with E-state index in [1.807, 2.05) is 0 Å². The van der Waals surface area contributed by atoms with Crippen LogP contribution in [0.2, 0.25) is 0 Å². The molecule has 0 saturated heterocycles. The quantitative estimate of drug-likeness (QED) is 0.660. The van der Waals surface area contributed by atoms with Crippen molar-refractivity contribution in [1.82, 2.24) is 9.47 Å². The first-order valence-electron chi connectivity index (χ1n) is 5.73. The molecular weight excluding hydrogens is 256 g/mol. The second-order valence-corrected chi connectivity index (χ2v) is 5.46. The molecule has 17 heavy (non-hydrogen) atoms. The van der Waals surface area contributed by atoms with Gasteiger partial charge in [0.25, 0.3) is 0 Å². The summed E-state index contributed by atoms with van der Waals surface area (Å²) in [6.45, 7) is 2.84.